The lowest BCUT2D eigenvalue weighted by Crippen LogP contribution is -2.13. The molecule has 1 fully saturated rings. The highest BCUT2D eigenvalue weighted by Gasteiger charge is 2.29. The molecule has 3 nitrogen and oxygen atoms in total. The Balaban J connectivity index is 0.00000128. The van der Waals surface area contributed by atoms with Crippen LogP contribution >= 0.6 is 24.2 Å². The van der Waals surface area contributed by atoms with E-state index in [9.17, 15) is 4.79 Å². The van der Waals surface area contributed by atoms with E-state index < -0.39 is 0 Å². The normalized spacial score (nSPS) is 24.1. The molecule has 1 aromatic heterocycles. The molecule has 90 valence electrons. The van der Waals surface area contributed by atoms with Crippen molar-refractivity contribution >= 4 is 29.3 Å². The van der Waals surface area contributed by atoms with Crippen LogP contribution in [0.4, 0.5) is 0 Å². The molecule has 1 aliphatic rings. The van der Waals surface area contributed by atoms with Crippen molar-refractivity contribution in [3.05, 3.63) is 24.2 Å². The molecule has 1 saturated heterocycles. The molecule has 2 rings (SSSR count). The summed E-state index contributed by atoms with van der Waals surface area (Å²) in [6.07, 6.45) is 3.52. The fourth-order valence-electron chi connectivity index (χ4n) is 2.01. The van der Waals surface area contributed by atoms with Crippen LogP contribution in [0.25, 0.3) is 0 Å². The SMILES string of the molecule is CC(=O)SCC1CNCC1c1ccoc1.Cl. The zero-order valence-electron chi connectivity index (χ0n) is 9.14. The number of thioether (sulfide) groups is 1. The Bertz CT molecular complexity index is 329. The van der Waals surface area contributed by atoms with Crippen LogP contribution in [0.1, 0.15) is 18.4 Å². The Morgan fingerprint density at radius 2 is 2.44 bits per heavy atom. The number of carbonyl (C=O) groups excluding carboxylic acids is 1. The third-order valence-electron chi connectivity index (χ3n) is 2.81. The zero-order valence-corrected chi connectivity index (χ0v) is 10.8. The van der Waals surface area contributed by atoms with Gasteiger partial charge in [0.1, 0.15) is 0 Å². The lowest BCUT2D eigenvalue weighted by atomic mass is 9.92. The lowest BCUT2D eigenvalue weighted by molar-refractivity contribution is -0.109. The highest BCUT2D eigenvalue weighted by molar-refractivity contribution is 8.13. The number of furan rings is 1. The quantitative estimate of drug-likeness (QED) is 0.907. The molecule has 0 amide bonds. The fraction of sp³-hybridized carbons (Fsp3) is 0.545. The van der Waals surface area contributed by atoms with E-state index in [1.165, 1.54) is 17.3 Å². The molecule has 1 aliphatic heterocycles. The predicted molar refractivity (Wildman–Crippen MR) is 68.2 cm³/mol. The minimum Gasteiger partial charge on any atom is -0.472 e. The van der Waals surface area contributed by atoms with Crippen molar-refractivity contribution in [2.45, 2.75) is 12.8 Å². The summed E-state index contributed by atoms with van der Waals surface area (Å²) in [4.78, 5) is 10.9. The standard InChI is InChI=1S/C11H15NO2S.ClH/c1-8(13)15-7-10-4-12-5-11(10)9-2-3-14-6-9;/h2-3,6,10-12H,4-5,7H2,1H3;1H. The van der Waals surface area contributed by atoms with Crippen LogP contribution < -0.4 is 5.32 Å². The van der Waals surface area contributed by atoms with Gasteiger partial charge in [0, 0.05) is 25.1 Å². The van der Waals surface area contributed by atoms with Crippen LogP contribution in [0.3, 0.4) is 0 Å². The Hall–Kier alpha value is -0.450. The topological polar surface area (TPSA) is 42.2 Å². The third kappa shape index (κ3) is 3.27. The van der Waals surface area contributed by atoms with Crippen LogP contribution in [0.5, 0.6) is 0 Å². The minimum atomic E-state index is 0. The van der Waals surface area contributed by atoms with E-state index in [-0.39, 0.29) is 17.5 Å². The van der Waals surface area contributed by atoms with Gasteiger partial charge in [-0.3, -0.25) is 4.79 Å². The summed E-state index contributed by atoms with van der Waals surface area (Å²) in [6.45, 7) is 3.61. The van der Waals surface area contributed by atoms with Gasteiger partial charge in [-0.25, -0.2) is 0 Å². The van der Waals surface area contributed by atoms with Gasteiger partial charge in [-0.1, -0.05) is 11.8 Å². The van der Waals surface area contributed by atoms with Crippen LogP contribution in [0.2, 0.25) is 0 Å². The second-order valence-corrected chi connectivity index (χ2v) is 5.08. The Morgan fingerprint density at radius 3 is 3.06 bits per heavy atom. The Kier molecular flexibility index (Phi) is 5.38. The molecule has 2 heterocycles. The predicted octanol–water partition coefficient (Wildman–Crippen LogP) is 2.28. The molecule has 0 saturated carbocycles. The number of carbonyl (C=O) groups is 1. The van der Waals surface area contributed by atoms with Gasteiger partial charge in [-0.15, -0.1) is 12.4 Å². The maximum absolute atomic E-state index is 10.9. The van der Waals surface area contributed by atoms with Crippen molar-refractivity contribution in [1.82, 2.24) is 5.32 Å². The largest absolute Gasteiger partial charge is 0.472 e. The molecule has 0 bridgehead atoms. The third-order valence-corrected chi connectivity index (χ3v) is 3.81. The van der Waals surface area contributed by atoms with Gasteiger partial charge in [-0.2, -0.15) is 0 Å². The number of nitrogens with one attached hydrogen (secondary N) is 1. The summed E-state index contributed by atoms with van der Waals surface area (Å²) in [5.41, 5.74) is 1.24. The van der Waals surface area contributed by atoms with Crippen molar-refractivity contribution in [2.75, 3.05) is 18.8 Å². The minimum absolute atomic E-state index is 0. The van der Waals surface area contributed by atoms with E-state index in [1.54, 1.807) is 13.2 Å². The molecule has 0 spiro atoms. The summed E-state index contributed by atoms with van der Waals surface area (Å²) in [6, 6.07) is 2.02. The second-order valence-electron chi connectivity index (χ2n) is 3.88. The van der Waals surface area contributed by atoms with E-state index >= 15 is 0 Å². The van der Waals surface area contributed by atoms with Crippen molar-refractivity contribution in [1.29, 1.82) is 0 Å². The van der Waals surface area contributed by atoms with Crippen LogP contribution in [0, 0.1) is 5.92 Å². The molecule has 1 N–H and O–H groups in total. The monoisotopic (exact) mass is 261 g/mol. The summed E-state index contributed by atoms with van der Waals surface area (Å²) in [5.74, 6) is 1.94. The average molecular weight is 262 g/mol. The molecular weight excluding hydrogens is 246 g/mol. The molecule has 0 aliphatic carbocycles. The van der Waals surface area contributed by atoms with E-state index in [2.05, 4.69) is 5.32 Å². The van der Waals surface area contributed by atoms with E-state index in [0.717, 1.165) is 18.8 Å². The van der Waals surface area contributed by atoms with Gasteiger partial charge < -0.3 is 9.73 Å². The number of halogens is 1. The van der Waals surface area contributed by atoms with Crippen LogP contribution in [-0.2, 0) is 4.79 Å². The molecule has 0 aromatic carbocycles. The maximum atomic E-state index is 10.9. The first-order valence-electron chi connectivity index (χ1n) is 5.13. The number of hydrogen-bond acceptors (Lipinski definition) is 4. The first-order chi connectivity index (χ1) is 7.27. The molecule has 5 heteroatoms. The fourth-order valence-corrected chi connectivity index (χ4v) is 2.81. The smallest absolute Gasteiger partial charge is 0.185 e. The maximum Gasteiger partial charge on any atom is 0.185 e. The van der Waals surface area contributed by atoms with Gasteiger partial charge in [0.25, 0.3) is 0 Å². The van der Waals surface area contributed by atoms with Gasteiger partial charge in [0.2, 0.25) is 0 Å². The molecular formula is C11H16ClNO2S. The summed E-state index contributed by atoms with van der Waals surface area (Å²) in [5, 5.41) is 3.57. The molecule has 0 radical (unpaired) electrons. The van der Waals surface area contributed by atoms with Crippen molar-refractivity contribution < 1.29 is 9.21 Å². The average Bonchev–Trinajstić information content (AvgIpc) is 2.85. The van der Waals surface area contributed by atoms with Crippen molar-refractivity contribution in [3.63, 3.8) is 0 Å². The lowest BCUT2D eigenvalue weighted by Gasteiger charge is -2.15. The summed E-state index contributed by atoms with van der Waals surface area (Å²) in [7, 11) is 0. The Morgan fingerprint density at radius 1 is 1.62 bits per heavy atom. The zero-order chi connectivity index (χ0) is 10.7. The van der Waals surface area contributed by atoms with E-state index in [0.29, 0.717) is 11.8 Å². The number of hydrogen-bond donors (Lipinski definition) is 1. The highest BCUT2D eigenvalue weighted by atomic mass is 35.5. The summed E-state index contributed by atoms with van der Waals surface area (Å²) >= 11 is 1.42. The van der Waals surface area contributed by atoms with Crippen molar-refractivity contribution in [3.8, 4) is 0 Å². The molecule has 2 unspecified atom stereocenters. The highest BCUT2D eigenvalue weighted by Crippen LogP contribution is 2.30. The number of rotatable bonds is 3. The molecule has 1 aromatic rings. The van der Waals surface area contributed by atoms with E-state index in [4.69, 9.17) is 4.42 Å². The first-order valence-corrected chi connectivity index (χ1v) is 6.12. The molecule has 16 heavy (non-hydrogen) atoms. The molecule has 2 atom stereocenters. The van der Waals surface area contributed by atoms with Gasteiger partial charge in [0.15, 0.2) is 5.12 Å². The Labute approximate surface area is 106 Å². The van der Waals surface area contributed by atoms with Crippen molar-refractivity contribution in [2.24, 2.45) is 5.92 Å². The summed E-state index contributed by atoms with van der Waals surface area (Å²) < 4.78 is 5.10. The second kappa shape index (κ2) is 6.33. The van der Waals surface area contributed by atoms with E-state index in [1.807, 2.05) is 12.3 Å². The van der Waals surface area contributed by atoms with Crippen LogP contribution in [-0.4, -0.2) is 24.0 Å². The van der Waals surface area contributed by atoms with Crippen LogP contribution in [0.15, 0.2) is 23.0 Å². The van der Waals surface area contributed by atoms with Gasteiger partial charge in [0.05, 0.1) is 12.5 Å². The first kappa shape index (κ1) is 13.6. The van der Waals surface area contributed by atoms with Gasteiger partial charge in [-0.05, 0) is 24.1 Å². The van der Waals surface area contributed by atoms with Gasteiger partial charge >= 0.3 is 0 Å².